The molecule has 0 spiro atoms. The Morgan fingerprint density at radius 2 is 1.71 bits per heavy atom. The molecule has 5 fully saturated rings. The molecular formula is C47H74N6O5S. The summed E-state index contributed by atoms with van der Waals surface area (Å²) in [6, 6.07) is 0.306. The van der Waals surface area contributed by atoms with Crippen LogP contribution in [0.25, 0.3) is 0 Å². The Bertz CT molecular complexity index is 1960. The number of rotatable bonds is 11. The minimum absolute atomic E-state index is 0.0172. The molecule has 8 rings (SSSR count). The van der Waals surface area contributed by atoms with Crippen molar-refractivity contribution >= 4 is 15.8 Å². The van der Waals surface area contributed by atoms with E-state index in [0.717, 1.165) is 25.9 Å². The quantitative estimate of drug-likeness (QED) is 0.177. The van der Waals surface area contributed by atoms with Gasteiger partial charge in [0.05, 0.1) is 18.1 Å². The highest BCUT2D eigenvalue weighted by Crippen LogP contribution is 2.76. The molecule has 1 aliphatic heterocycles. The summed E-state index contributed by atoms with van der Waals surface area (Å²) in [6.45, 7) is 25.6. The number of hydrogen-bond donors (Lipinski definition) is 1. The zero-order valence-corrected chi connectivity index (χ0v) is 38.4. The standard InChI is InChI=1S/C47H74N6O5S/c1-10-57-40(54)46(31-58-41-49-50-51-52(41)9)20-13-33(14-21-46)35-16-18-43(6)37(42(35,4)5)17-19-45(8)38(43)12-11-36-39-34(32(2)3)15-22-47(39,24-23-44(36,45)7)48-25-26-53-27-29-59(55,56)30-28-53/h13,16,34,36-39,48H,2,10-12,14-15,17-31H2,1,3-9H3/t34-,36+,37-,38+,39+,43-,44+,45+,46?,47-/m0/s1. The van der Waals surface area contributed by atoms with Crippen LogP contribution in [-0.4, -0.2) is 95.9 Å². The van der Waals surface area contributed by atoms with E-state index in [0.29, 0.717) is 79.6 Å². The van der Waals surface area contributed by atoms with Crippen molar-refractivity contribution < 1.29 is 22.7 Å². The van der Waals surface area contributed by atoms with Crippen LogP contribution in [-0.2, 0) is 26.4 Å². The second-order valence-corrected chi connectivity index (χ2v) is 23.9. The van der Waals surface area contributed by atoms with E-state index in [1.165, 1.54) is 72.8 Å². The van der Waals surface area contributed by atoms with Crippen LogP contribution in [0.3, 0.4) is 0 Å². The molecule has 7 aliphatic rings. The van der Waals surface area contributed by atoms with E-state index in [9.17, 15) is 13.2 Å². The van der Waals surface area contributed by atoms with Crippen LogP contribution in [0.15, 0.2) is 35.5 Å². The first-order valence-electron chi connectivity index (χ1n) is 23.1. The fourth-order valence-electron chi connectivity index (χ4n) is 15.4. The number of aryl methyl sites for hydroxylation is 1. The minimum Gasteiger partial charge on any atom is -0.465 e. The number of tetrazole rings is 1. The summed E-state index contributed by atoms with van der Waals surface area (Å²) < 4.78 is 37.4. The van der Waals surface area contributed by atoms with E-state index in [2.05, 4.69) is 86.0 Å². The van der Waals surface area contributed by atoms with Crippen molar-refractivity contribution in [2.45, 2.75) is 131 Å². The van der Waals surface area contributed by atoms with Crippen LogP contribution < -0.4 is 10.1 Å². The van der Waals surface area contributed by atoms with Crippen molar-refractivity contribution in [3.63, 3.8) is 0 Å². The molecule has 1 unspecified atom stereocenters. The number of aromatic nitrogens is 4. The SMILES string of the molecule is C=C(C)[C@@H]1CC[C@]2(NCCN3CCS(=O)(=O)CC3)CC[C@]3(C)[C@H](CC[C@@H]4[C@@]5(C)CC=C(C6=CCC(COc7nnnn7C)(C(=O)OCC)CC6)C(C)(C)[C@@H]5CC[C@]43C)[C@@H]12. The van der Waals surface area contributed by atoms with Gasteiger partial charge in [-0.15, -0.1) is 0 Å². The lowest BCUT2D eigenvalue weighted by Gasteiger charge is -2.72. The molecule has 10 atom stereocenters. The predicted molar refractivity (Wildman–Crippen MR) is 231 cm³/mol. The van der Waals surface area contributed by atoms with Gasteiger partial charge in [-0.25, -0.2) is 8.42 Å². The van der Waals surface area contributed by atoms with Crippen LogP contribution in [0.4, 0.5) is 0 Å². The maximum absolute atomic E-state index is 13.5. The van der Waals surface area contributed by atoms with E-state index in [-0.39, 0.29) is 39.8 Å². The third-order valence-electron chi connectivity index (χ3n) is 18.7. The smallest absolute Gasteiger partial charge is 0.335 e. The Morgan fingerprint density at radius 1 is 0.949 bits per heavy atom. The van der Waals surface area contributed by atoms with Gasteiger partial charge in [0.15, 0.2) is 9.84 Å². The molecule has 2 heterocycles. The van der Waals surface area contributed by atoms with Crippen molar-refractivity contribution in [3.05, 3.63) is 35.5 Å². The Labute approximate surface area is 354 Å². The molecule has 0 radical (unpaired) electrons. The van der Waals surface area contributed by atoms with Crippen LogP contribution in [0.5, 0.6) is 6.01 Å². The Balaban J connectivity index is 1.01. The number of carbonyl (C=O) groups is 1. The largest absolute Gasteiger partial charge is 0.465 e. The highest BCUT2D eigenvalue weighted by atomic mass is 32.2. The first kappa shape index (κ1) is 43.1. The molecule has 0 amide bonds. The number of hydrogen-bond acceptors (Lipinski definition) is 10. The third-order valence-corrected chi connectivity index (χ3v) is 20.3. The van der Waals surface area contributed by atoms with Crippen molar-refractivity contribution in [3.8, 4) is 6.01 Å². The molecule has 59 heavy (non-hydrogen) atoms. The fraction of sp³-hybridized carbons (Fsp3) is 0.830. The van der Waals surface area contributed by atoms with Gasteiger partial charge < -0.3 is 19.7 Å². The second kappa shape index (κ2) is 15.4. The van der Waals surface area contributed by atoms with Crippen LogP contribution in [0.1, 0.15) is 126 Å². The first-order chi connectivity index (χ1) is 27.8. The number of esters is 1. The lowest BCUT2D eigenvalue weighted by molar-refractivity contribution is -0.221. The molecule has 12 heteroatoms. The average Bonchev–Trinajstić information content (AvgIpc) is 3.78. The van der Waals surface area contributed by atoms with Gasteiger partial charge in [0.25, 0.3) is 0 Å². The summed E-state index contributed by atoms with van der Waals surface area (Å²) in [7, 11) is -1.14. The van der Waals surface area contributed by atoms with Gasteiger partial charge in [0.2, 0.25) is 0 Å². The molecule has 1 aromatic rings. The van der Waals surface area contributed by atoms with Gasteiger partial charge in [-0.05, 0) is 164 Å². The van der Waals surface area contributed by atoms with Gasteiger partial charge in [-0.1, -0.05) is 64.0 Å². The topological polar surface area (TPSA) is 129 Å². The summed E-state index contributed by atoms with van der Waals surface area (Å²) in [5.74, 6) is 3.45. The normalized spacial score (nSPS) is 41.3. The molecule has 0 bridgehead atoms. The van der Waals surface area contributed by atoms with Gasteiger partial charge in [0, 0.05) is 38.8 Å². The Hall–Kier alpha value is -2.57. The molecule has 1 aromatic heterocycles. The number of ether oxygens (including phenoxy) is 2. The van der Waals surface area contributed by atoms with Gasteiger partial charge in [0.1, 0.15) is 12.0 Å². The highest BCUT2D eigenvalue weighted by Gasteiger charge is 2.70. The van der Waals surface area contributed by atoms with Crippen LogP contribution in [0, 0.1) is 56.7 Å². The van der Waals surface area contributed by atoms with Gasteiger partial charge >= 0.3 is 12.0 Å². The summed E-state index contributed by atoms with van der Waals surface area (Å²) in [5.41, 5.74) is 4.39. The van der Waals surface area contributed by atoms with Gasteiger partial charge in [-0.2, -0.15) is 4.68 Å². The van der Waals surface area contributed by atoms with Crippen molar-refractivity contribution in [1.29, 1.82) is 0 Å². The number of allylic oxidation sites excluding steroid dienone is 5. The minimum atomic E-state index is -2.87. The summed E-state index contributed by atoms with van der Waals surface area (Å²) in [4.78, 5) is 15.9. The van der Waals surface area contributed by atoms with Crippen molar-refractivity contribution in [1.82, 2.24) is 30.4 Å². The molecule has 4 saturated carbocycles. The average molecular weight is 835 g/mol. The van der Waals surface area contributed by atoms with Crippen molar-refractivity contribution in [2.24, 2.45) is 63.7 Å². The van der Waals surface area contributed by atoms with E-state index in [1.54, 1.807) is 7.05 Å². The Kier molecular flexibility index (Phi) is 11.2. The number of nitrogens with zero attached hydrogens (tertiary/aromatic N) is 5. The maximum atomic E-state index is 13.5. The monoisotopic (exact) mass is 835 g/mol. The predicted octanol–water partition coefficient (Wildman–Crippen LogP) is 7.52. The van der Waals surface area contributed by atoms with E-state index in [1.807, 2.05) is 6.92 Å². The fourth-order valence-corrected chi connectivity index (χ4v) is 16.7. The lowest BCUT2D eigenvalue weighted by Crippen LogP contribution is -2.68. The summed E-state index contributed by atoms with van der Waals surface area (Å²) in [5, 5.41) is 15.8. The van der Waals surface area contributed by atoms with E-state index < -0.39 is 15.3 Å². The van der Waals surface area contributed by atoms with Crippen LogP contribution in [0.2, 0.25) is 0 Å². The maximum Gasteiger partial charge on any atom is 0.335 e. The van der Waals surface area contributed by atoms with Gasteiger partial charge in [-0.3, -0.25) is 4.79 Å². The number of fused-ring (bicyclic) bond motifs is 7. The number of nitrogens with one attached hydrogen (secondary N) is 1. The van der Waals surface area contributed by atoms with E-state index >= 15 is 0 Å². The lowest BCUT2D eigenvalue weighted by atomic mass is 9.33. The molecule has 1 N–H and O–H groups in total. The molecular weight excluding hydrogens is 761 g/mol. The van der Waals surface area contributed by atoms with Crippen LogP contribution >= 0.6 is 0 Å². The zero-order chi connectivity index (χ0) is 42.2. The highest BCUT2D eigenvalue weighted by molar-refractivity contribution is 7.91. The number of sulfone groups is 1. The molecule has 0 aromatic carbocycles. The van der Waals surface area contributed by atoms with Crippen molar-refractivity contribution in [2.75, 3.05) is 50.9 Å². The molecule has 6 aliphatic carbocycles. The summed E-state index contributed by atoms with van der Waals surface area (Å²) in [6.07, 6.45) is 18.2. The molecule has 1 saturated heterocycles. The summed E-state index contributed by atoms with van der Waals surface area (Å²) >= 11 is 0. The first-order valence-corrected chi connectivity index (χ1v) is 24.9. The number of carbonyl (C=O) groups excluding carboxylic acids is 1. The Morgan fingerprint density at radius 3 is 2.37 bits per heavy atom. The second-order valence-electron chi connectivity index (χ2n) is 21.6. The molecule has 328 valence electrons. The van der Waals surface area contributed by atoms with E-state index in [4.69, 9.17) is 9.47 Å². The third kappa shape index (κ3) is 6.99. The molecule has 11 nitrogen and oxygen atoms in total. The zero-order valence-electron chi connectivity index (χ0n) is 37.6.